The van der Waals surface area contributed by atoms with E-state index >= 15 is 0 Å². The van der Waals surface area contributed by atoms with Gasteiger partial charge in [-0.3, -0.25) is 0 Å². The van der Waals surface area contributed by atoms with Crippen LogP contribution in [-0.2, 0) is 0 Å². The van der Waals surface area contributed by atoms with Crippen LogP contribution in [0.1, 0.15) is 0 Å². The number of hydrogen-bond donors (Lipinski definition) is 1. The summed E-state index contributed by atoms with van der Waals surface area (Å²) in [6.07, 6.45) is 0. The number of fused-ring (bicyclic) bond motifs is 1. The summed E-state index contributed by atoms with van der Waals surface area (Å²) in [6.45, 7) is 0. The number of halogens is 1. The number of nitrogens with zero attached hydrogens (tertiary/aromatic N) is 4. The van der Waals surface area contributed by atoms with Crippen molar-refractivity contribution in [3.63, 3.8) is 0 Å². The van der Waals surface area contributed by atoms with E-state index in [9.17, 15) is 0 Å². The standard InChI is InChI=1S/C17H12ClN5/c18-13-8-6-11(7-9-13)14-10-15-20-16(12-4-2-1-3-5-12)21-17(19)23(15)22-14/h1-10H,(H2,19,20,21). The van der Waals surface area contributed by atoms with Gasteiger partial charge in [-0.2, -0.15) is 14.6 Å². The van der Waals surface area contributed by atoms with Crippen LogP contribution in [0.2, 0.25) is 5.02 Å². The number of benzene rings is 2. The third-order valence-corrected chi connectivity index (χ3v) is 3.77. The van der Waals surface area contributed by atoms with Crippen molar-refractivity contribution in [1.82, 2.24) is 19.6 Å². The molecule has 0 atom stereocenters. The molecule has 0 aliphatic carbocycles. The Bertz CT molecular complexity index is 977. The van der Waals surface area contributed by atoms with Crippen molar-refractivity contribution >= 4 is 23.2 Å². The predicted molar refractivity (Wildman–Crippen MR) is 91.1 cm³/mol. The second-order valence-corrected chi connectivity index (χ2v) is 5.51. The van der Waals surface area contributed by atoms with Gasteiger partial charge in [0.15, 0.2) is 11.5 Å². The summed E-state index contributed by atoms with van der Waals surface area (Å²) in [6, 6.07) is 19.1. The highest BCUT2D eigenvalue weighted by Gasteiger charge is 2.11. The molecule has 23 heavy (non-hydrogen) atoms. The summed E-state index contributed by atoms with van der Waals surface area (Å²) in [7, 11) is 0. The lowest BCUT2D eigenvalue weighted by atomic mass is 10.1. The Hall–Kier alpha value is -2.92. The first-order valence-corrected chi connectivity index (χ1v) is 7.43. The molecule has 4 aromatic rings. The SMILES string of the molecule is Nc1nc(-c2ccccc2)nc2cc(-c3ccc(Cl)cc3)nn12. The van der Waals surface area contributed by atoms with E-state index in [0.29, 0.717) is 22.4 Å². The van der Waals surface area contributed by atoms with Gasteiger partial charge in [0.25, 0.3) is 0 Å². The van der Waals surface area contributed by atoms with Crippen LogP contribution in [0.5, 0.6) is 0 Å². The molecule has 2 aromatic heterocycles. The van der Waals surface area contributed by atoms with Gasteiger partial charge in [-0.1, -0.05) is 54.1 Å². The number of aromatic nitrogens is 4. The van der Waals surface area contributed by atoms with Crippen molar-refractivity contribution in [1.29, 1.82) is 0 Å². The Morgan fingerprint density at radius 1 is 0.870 bits per heavy atom. The van der Waals surface area contributed by atoms with Crippen LogP contribution in [0.3, 0.4) is 0 Å². The van der Waals surface area contributed by atoms with Gasteiger partial charge < -0.3 is 5.73 Å². The maximum atomic E-state index is 6.04. The molecule has 0 unspecified atom stereocenters. The van der Waals surface area contributed by atoms with Gasteiger partial charge in [0, 0.05) is 22.2 Å². The summed E-state index contributed by atoms with van der Waals surface area (Å²) in [4.78, 5) is 8.89. The first-order valence-electron chi connectivity index (χ1n) is 7.05. The van der Waals surface area contributed by atoms with Gasteiger partial charge in [-0.15, -0.1) is 0 Å². The monoisotopic (exact) mass is 321 g/mol. The van der Waals surface area contributed by atoms with Crippen LogP contribution in [0, 0.1) is 0 Å². The first kappa shape index (κ1) is 13.7. The van der Waals surface area contributed by atoms with Crippen molar-refractivity contribution in [3.8, 4) is 22.6 Å². The molecule has 2 aromatic carbocycles. The van der Waals surface area contributed by atoms with Crippen LogP contribution >= 0.6 is 11.6 Å². The summed E-state index contributed by atoms with van der Waals surface area (Å²) in [5.41, 5.74) is 9.32. The van der Waals surface area contributed by atoms with Gasteiger partial charge >= 0.3 is 0 Å². The molecule has 0 radical (unpaired) electrons. The van der Waals surface area contributed by atoms with E-state index in [0.717, 1.165) is 16.8 Å². The first-order chi connectivity index (χ1) is 11.2. The number of nitrogens with two attached hydrogens (primary N) is 1. The highest BCUT2D eigenvalue weighted by molar-refractivity contribution is 6.30. The molecule has 0 spiro atoms. The summed E-state index contributed by atoms with van der Waals surface area (Å²) >= 11 is 5.92. The summed E-state index contributed by atoms with van der Waals surface area (Å²) < 4.78 is 1.54. The Labute approximate surface area is 137 Å². The minimum atomic E-state index is 0.300. The van der Waals surface area contributed by atoms with Crippen molar-refractivity contribution in [2.75, 3.05) is 5.73 Å². The molecule has 5 nitrogen and oxygen atoms in total. The van der Waals surface area contributed by atoms with Crippen LogP contribution in [0.15, 0.2) is 60.7 Å². The molecule has 0 aliphatic heterocycles. The van der Waals surface area contributed by atoms with Crippen LogP contribution < -0.4 is 5.73 Å². The van der Waals surface area contributed by atoms with E-state index in [1.807, 2.05) is 60.7 Å². The van der Waals surface area contributed by atoms with Crippen LogP contribution in [0.4, 0.5) is 5.95 Å². The van der Waals surface area contributed by atoms with Crippen LogP contribution in [0.25, 0.3) is 28.3 Å². The largest absolute Gasteiger partial charge is 0.368 e. The molecular weight excluding hydrogens is 310 g/mol. The van der Waals surface area contributed by atoms with E-state index < -0.39 is 0 Å². The highest BCUT2D eigenvalue weighted by atomic mass is 35.5. The number of hydrogen-bond acceptors (Lipinski definition) is 4. The zero-order chi connectivity index (χ0) is 15.8. The predicted octanol–water partition coefficient (Wildman–Crippen LogP) is 3.69. The zero-order valence-electron chi connectivity index (χ0n) is 12.0. The van der Waals surface area contributed by atoms with E-state index in [2.05, 4.69) is 15.1 Å². The lowest BCUT2D eigenvalue weighted by Crippen LogP contribution is -2.05. The quantitative estimate of drug-likeness (QED) is 0.611. The average Bonchev–Trinajstić information content (AvgIpc) is 3.01. The lowest BCUT2D eigenvalue weighted by molar-refractivity contribution is 0.916. The van der Waals surface area contributed by atoms with Gasteiger partial charge in [0.05, 0.1) is 5.69 Å². The molecule has 0 bridgehead atoms. The fraction of sp³-hybridized carbons (Fsp3) is 0. The molecule has 0 amide bonds. The Morgan fingerprint density at radius 3 is 2.35 bits per heavy atom. The molecule has 0 fully saturated rings. The maximum Gasteiger partial charge on any atom is 0.225 e. The summed E-state index contributed by atoms with van der Waals surface area (Å²) in [5, 5.41) is 5.15. The molecule has 0 saturated carbocycles. The maximum absolute atomic E-state index is 6.04. The number of anilines is 1. The summed E-state index contributed by atoms with van der Waals surface area (Å²) in [5.74, 6) is 0.882. The Kier molecular flexibility index (Phi) is 3.20. The zero-order valence-corrected chi connectivity index (χ0v) is 12.8. The van der Waals surface area contributed by atoms with E-state index in [1.165, 1.54) is 4.52 Å². The molecule has 2 N–H and O–H groups in total. The Balaban J connectivity index is 1.85. The fourth-order valence-electron chi connectivity index (χ4n) is 2.39. The minimum Gasteiger partial charge on any atom is -0.368 e. The smallest absolute Gasteiger partial charge is 0.225 e. The molecule has 0 saturated heterocycles. The number of rotatable bonds is 2. The van der Waals surface area contributed by atoms with Crippen molar-refractivity contribution < 1.29 is 0 Å². The lowest BCUT2D eigenvalue weighted by Gasteiger charge is -2.02. The van der Waals surface area contributed by atoms with Crippen molar-refractivity contribution in [2.24, 2.45) is 0 Å². The molecule has 0 aliphatic rings. The third kappa shape index (κ3) is 2.51. The molecule has 112 valence electrons. The highest BCUT2D eigenvalue weighted by Crippen LogP contribution is 2.23. The molecule has 4 rings (SSSR count). The normalized spacial score (nSPS) is 11.0. The van der Waals surface area contributed by atoms with E-state index in [1.54, 1.807) is 0 Å². The molecular formula is C17H12ClN5. The fourth-order valence-corrected chi connectivity index (χ4v) is 2.51. The third-order valence-electron chi connectivity index (χ3n) is 3.52. The van der Waals surface area contributed by atoms with Crippen molar-refractivity contribution in [2.45, 2.75) is 0 Å². The minimum absolute atomic E-state index is 0.300. The topological polar surface area (TPSA) is 69.1 Å². The van der Waals surface area contributed by atoms with E-state index in [-0.39, 0.29) is 0 Å². The molecule has 6 heteroatoms. The second kappa shape index (κ2) is 5.37. The average molecular weight is 322 g/mol. The number of nitrogen functional groups attached to an aromatic ring is 1. The van der Waals surface area contributed by atoms with Gasteiger partial charge in [-0.05, 0) is 12.1 Å². The molecule has 2 heterocycles. The van der Waals surface area contributed by atoms with Crippen LogP contribution in [-0.4, -0.2) is 19.6 Å². The van der Waals surface area contributed by atoms with Gasteiger partial charge in [-0.25, -0.2) is 4.98 Å². The van der Waals surface area contributed by atoms with Gasteiger partial charge in [0.2, 0.25) is 5.95 Å². The second-order valence-electron chi connectivity index (χ2n) is 5.08. The van der Waals surface area contributed by atoms with Crippen molar-refractivity contribution in [3.05, 3.63) is 65.7 Å². The van der Waals surface area contributed by atoms with Gasteiger partial charge in [0.1, 0.15) is 0 Å². The Morgan fingerprint density at radius 2 is 1.61 bits per heavy atom. The van der Waals surface area contributed by atoms with E-state index in [4.69, 9.17) is 17.3 Å².